The van der Waals surface area contributed by atoms with Crippen LogP contribution in [0.1, 0.15) is 41.3 Å². The molecule has 4 nitrogen and oxygen atoms in total. The SMILES string of the molecule is CC(C)c1cc(C(=O)NCc2ccccc2F)c(O)cc1O. The van der Waals surface area contributed by atoms with Crippen LogP contribution in [0.15, 0.2) is 36.4 Å². The molecule has 0 aliphatic heterocycles. The molecular weight excluding hydrogens is 285 g/mol. The van der Waals surface area contributed by atoms with E-state index in [1.54, 1.807) is 18.2 Å². The Bertz CT molecular complexity index is 698. The van der Waals surface area contributed by atoms with Gasteiger partial charge in [0.15, 0.2) is 0 Å². The number of nitrogens with one attached hydrogen (secondary N) is 1. The molecule has 0 aliphatic carbocycles. The first-order valence-electron chi connectivity index (χ1n) is 6.97. The zero-order valence-electron chi connectivity index (χ0n) is 12.4. The van der Waals surface area contributed by atoms with Crippen LogP contribution in [0.5, 0.6) is 11.5 Å². The lowest BCUT2D eigenvalue weighted by Crippen LogP contribution is -2.23. The molecule has 0 saturated carbocycles. The van der Waals surface area contributed by atoms with E-state index >= 15 is 0 Å². The molecule has 0 atom stereocenters. The number of phenolic OH excluding ortho intramolecular Hbond substituents is 2. The minimum Gasteiger partial charge on any atom is -0.508 e. The summed E-state index contributed by atoms with van der Waals surface area (Å²) in [6, 6.07) is 8.74. The summed E-state index contributed by atoms with van der Waals surface area (Å²) < 4.78 is 13.5. The standard InChI is InChI=1S/C17H18FNO3/c1-10(2)12-7-13(16(21)8-15(12)20)17(22)19-9-11-5-3-4-6-14(11)18/h3-8,10,20-21H,9H2,1-2H3,(H,19,22). The minimum absolute atomic E-state index is 0.00119. The van der Waals surface area contributed by atoms with E-state index in [0.717, 1.165) is 6.07 Å². The summed E-state index contributed by atoms with van der Waals surface area (Å²) >= 11 is 0. The van der Waals surface area contributed by atoms with Gasteiger partial charge < -0.3 is 15.5 Å². The Morgan fingerprint density at radius 2 is 1.86 bits per heavy atom. The van der Waals surface area contributed by atoms with Gasteiger partial charge in [-0.25, -0.2) is 4.39 Å². The van der Waals surface area contributed by atoms with Gasteiger partial charge in [0, 0.05) is 18.2 Å². The van der Waals surface area contributed by atoms with Gasteiger partial charge in [-0.2, -0.15) is 0 Å². The fourth-order valence-corrected chi connectivity index (χ4v) is 2.15. The van der Waals surface area contributed by atoms with Gasteiger partial charge in [-0.05, 0) is 23.6 Å². The maximum Gasteiger partial charge on any atom is 0.255 e. The van der Waals surface area contributed by atoms with Gasteiger partial charge in [0.2, 0.25) is 0 Å². The Labute approximate surface area is 128 Å². The second-order valence-electron chi connectivity index (χ2n) is 5.36. The predicted octanol–water partition coefficient (Wildman–Crippen LogP) is 3.29. The maximum absolute atomic E-state index is 13.5. The van der Waals surface area contributed by atoms with Gasteiger partial charge in [0.1, 0.15) is 17.3 Å². The first-order chi connectivity index (χ1) is 10.4. The van der Waals surface area contributed by atoms with E-state index in [1.807, 2.05) is 13.8 Å². The van der Waals surface area contributed by atoms with E-state index in [-0.39, 0.29) is 29.5 Å². The zero-order valence-corrected chi connectivity index (χ0v) is 12.4. The van der Waals surface area contributed by atoms with E-state index in [9.17, 15) is 19.4 Å². The lowest BCUT2D eigenvalue weighted by molar-refractivity contribution is 0.0948. The Morgan fingerprint density at radius 1 is 1.18 bits per heavy atom. The molecule has 2 rings (SSSR count). The van der Waals surface area contributed by atoms with Crippen LogP contribution < -0.4 is 5.32 Å². The van der Waals surface area contributed by atoms with Crippen LogP contribution in [-0.4, -0.2) is 16.1 Å². The van der Waals surface area contributed by atoms with Gasteiger partial charge in [-0.15, -0.1) is 0 Å². The average Bonchev–Trinajstić information content (AvgIpc) is 2.45. The molecule has 0 heterocycles. The van der Waals surface area contributed by atoms with Crippen molar-refractivity contribution in [1.82, 2.24) is 5.32 Å². The Balaban J connectivity index is 2.19. The number of halogens is 1. The first kappa shape index (κ1) is 15.8. The summed E-state index contributed by atoms with van der Waals surface area (Å²) in [6.07, 6.45) is 0. The molecule has 0 unspecified atom stereocenters. The normalized spacial score (nSPS) is 10.7. The largest absolute Gasteiger partial charge is 0.508 e. The predicted molar refractivity (Wildman–Crippen MR) is 81.4 cm³/mol. The van der Waals surface area contributed by atoms with E-state index in [1.165, 1.54) is 12.1 Å². The Kier molecular flexibility index (Phi) is 4.65. The summed E-state index contributed by atoms with van der Waals surface area (Å²) in [5, 5.41) is 22.2. The highest BCUT2D eigenvalue weighted by molar-refractivity contribution is 5.97. The highest BCUT2D eigenvalue weighted by Gasteiger charge is 2.17. The molecule has 0 bridgehead atoms. The number of hydrogen-bond acceptors (Lipinski definition) is 3. The van der Waals surface area contributed by atoms with Crippen LogP contribution in [-0.2, 0) is 6.54 Å². The number of carbonyl (C=O) groups is 1. The fraction of sp³-hybridized carbons (Fsp3) is 0.235. The number of hydrogen-bond donors (Lipinski definition) is 3. The van der Waals surface area contributed by atoms with Crippen LogP contribution in [0, 0.1) is 5.82 Å². The summed E-state index contributed by atoms with van der Waals surface area (Å²) in [4.78, 5) is 12.2. The van der Waals surface area contributed by atoms with Crippen molar-refractivity contribution < 1.29 is 19.4 Å². The molecule has 0 saturated heterocycles. The van der Waals surface area contributed by atoms with E-state index in [4.69, 9.17) is 0 Å². The lowest BCUT2D eigenvalue weighted by Gasteiger charge is -2.13. The topological polar surface area (TPSA) is 69.6 Å². The van der Waals surface area contributed by atoms with Gasteiger partial charge in [-0.3, -0.25) is 4.79 Å². The molecule has 5 heteroatoms. The van der Waals surface area contributed by atoms with Crippen molar-refractivity contribution in [2.24, 2.45) is 0 Å². The van der Waals surface area contributed by atoms with E-state index < -0.39 is 11.7 Å². The summed E-state index contributed by atoms with van der Waals surface area (Å²) in [5.41, 5.74) is 0.977. The maximum atomic E-state index is 13.5. The number of amides is 1. The second kappa shape index (κ2) is 6.47. The fourth-order valence-electron chi connectivity index (χ4n) is 2.15. The van der Waals surface area contributed by atoms with Gasteiger partial charge >= 0.3 is 0 Å². The van der Waals surface area contributed by atoms with Crippen molar-refractivity contribution in [1.29, 1.82) is 0 Å². The molecule has 0 spiro atoms. The van der Waals surface area contributed by atoms with Crippen LogP contribution in [0.4, 0.5) is 4.39 Å². The number of carbonyl (C=O) groups excluding carboxylic acids is 1. The van der Waals surface area contributed by atoms with Crippen molar-refractivity contribution in [2.45, 2.75) is 26.3 Å². The molecule has 0 radical (unpaired) electrons. The number of benzene rings is 2. The molecule has 3 N–H and O–H groups in total. The Hall–Kier alpha value is -2.56. The highest BCUT2D eigenvalue weighted by atomic mass is 19.1. The molecule has 0 fully saturated rings. The summed E-state index contributed by atoms with van der Waals surface area (Å²) in [6.45, 7) is 3.75. The third-order valence-corrected chi connectivity index (χ3v) is 3.41. The number of aromatic hydroxyl groups is 2. The third-order valence-electron chi connectivity index (χ3n) is 3.41. The summed E-state index contributed by atoms with van der Waals surface area (Å²) in [5.74, 6) is -1.30. The first-order valence-corrected chi connectivity index (χ1v) is 6.97. The van der Waals surface area contributed by atoms with Crippen molar-refractivity contribution in [3.8, 4) is 11.5 Å². The van der Waals surface area contributed by atoms with Crippen LogP contribution in [0.2, 0.25) is 0 Å². The third kappa shape index (κ3) is 3.36. The van der Waals surface area contributed by atoms with Crippen molar-refractivity contribution in [2.75, 3.05) is 0 Å². The molecule has 22 heavy (non-hydrogen) atoms. The van der Waals surface area contributed by atoms with Crippen LogP contribution >= 0.6 is 0 Å². The Morgan fingerprint density at radius 3 is 2.50 bits per heavy atom. The molecule has 2 aromatic rings. The lowest BCUT2D eigenvalue weighted by atomic mass is 9.98. The highest BCUT2D eigenvalue weighted by Crippen LogP contribution is 2.32. The zero-order chi connectivity index (χ0) is 16.3. The molecule has 0 aliphatic rings. The molecule has 0 aromatic heterocycles. The smallest absolute Gasteiger partial charge is 0.255 e. The molecular formula is C17H18FNO3. The van der Waals surface area contributed by atoms with E-state index in [2.05, 4.69) is 5.32 Å². The van der Waals surface area contributed by atoms with Gasteiger partial charge in [0.25, 0.3) is 5.91 Å². The van der Waals surface area contributed by atoms with Gasteiger partial charge in [0.05, 0.1) is 5.56 Å². The van der Waals surface area contributed by atoms with Crippen molar-refractivity contribution >= 4 is 5.91 Å². The van der Waals surface area contributed by atoms with E-state index in [0.29, 0.717) is 11.1 Å². The average molecular weight is 303 g/mol. The molecule has 1 amide bonds. The monoisotopic (exact) mass is 303 g/mol. The van der Waals surface area contributed by atoms with Crippen LogP contribution in [0.25, 0.3) is 0 Å². The summed E-state index contributed by atoms with van der Waals surface area (Å²) in [7, 11) is 0. The quantitative estimate of drug-likeness (QED) is 0.811. The van der Waals surface area contributed by atoms with Crippen molar-refractivity contribution in [3.05, 3.63) is 58.9 Å². The van der Waals surface area contributed by atoms with Crippen molar-refractivity contribution in [3.63, 3.8) is 0 Å². The van der Waals surface area contributed by atoms with Crippen LogP contribution in [0.3, 0.4) is 0 Å². The second-order valence-corrected chi connectivity index (χ2v) is 5.36. The molecule has 116 valence electrons. The number of rotatable bonds is 4. The van der Waals surface area contributed by atoms with Gasteiger partial charge in [-0.1, -0.05) is 32.0 Å². The molecule has 2 aromatic carbocycles. The minimum atomic E-state index is -0.525. The number of phenols is 2.